The van der Waals surface area contributed by atoms with Gasteiger partial charge in [0, 0.05) is 26.2 Å². The van der Waals surface area contributed by atoms with Gasteiger partial charge >= 0.3 is 11.8 Å². The van der Waals surface area contributed by atoms with E-state index in [9.17, 15) is 9.59 Å². The molecule has 0 bridgehead atoms. The second kappa shape index (κ2) is 7.13. The van der Waals surface area contributed by atoms with Gasteiger partial charge in [0.2, 0.25) is 0 Å². The molecule has 1 aliphatic rings. The van der Waals surface area contributed by atoms with E-state index in [-0.39, 0.29) is 6.04 Å². The van der Waals surface area contributed by atoms with Crippen molar-refractivity contribution in [1.82, 2.24) is 14.7 Å². The summed E-state index contributed by atoms with van der Waals surface area (Å²) >= 11 is 0. The number of hydrogen-bond acceptors (Lipinski definition) is 4. The van der Waals surface area contributed by atoms with Crippen LogP contribution in [0, 0.1) is 5.92 Å². The van der Waals surface area contributed by atoms with Gasteiger partial charge in [-0.3, -0.25) is 14.3 Å². The monoisotopic (exact) mass is 344 g/mol. The number of nitrogens with zero attached hydrogens (tertiary/aromatic N) is 3. The van der Waals surface area contributed by atoms with Crippen molar-refractivity contribution < 1.29 is 14.0 Å². The first-order valence-electron chi connectivity index (χ1n) is 8.67. The van der Waals surface area contributed by atoms with E-state index in [2.05, 4.69) is 17.3 Å². The number of rotatable bonds is 3. The highest BCUT2D eigenvalue weighted by atomic mass is 16.3. The van der Waals surface area contributed by atoms with Crippen molar-refractivity contribution in [3.05, 3.63) is 36.0 Å². The lowest BCUT2D eigenvalue weighted by molar-refractivity contribution is -0.146. The summed E-state index contributed by atoms with van der Waals surface area (Å²) < 4.78 is 7.43. The number of piperidine rings is 1. The number of aryl methyl sites for hydroxylation is 2. The zero-order chi connectivity index (χ0) is 18.0. The van der Waals surface area contributed by atoms with Crippen molar-refractivity contribution >= 4 is 17.5 Å². The average Bonchev–Trinajstić information content (AvgIpc) is 3.23. The molecule has 0 aromatic carbocycles. The zero-order valence-corrected chi connectivity index (χ0v) is 14.9. The molecule has 134 valence electrons. The van der Waals surface area contributed by atoms with Crippen molar-refractivity contribution in [1.29, 1.82) is 0 Å². The van der Waals surface area contributed by atoms with Gasteiger partial charge in [-0.2, -0.15) is 5.10 Å². The summed E-state index contributed by atoms with van der Waals surface area (Å²) in [7, 11) is 1.75. The lowest BCUT2D eigenvalue weighted by Gasteiger charge is -2.36. The Bertz CT molecular complexity index is 764. The van der Waals surface area contributed by atoms with Crippen LogP contribution in [-0.4, -0.2) is 33.0 Å². The maximum Gasteiger partial charge on any atom is 0.314 e. The van der Waals surface area contributed by atoms with Crippen LogP contribution >= 0.6 is 0 Å². The summed E-state index contributed by atoms with van der Waals surface area (Å²) in [4.78, 5) is 26.7. The van der Waals surface area contributed by atoms with Crippen LogP contribution in [0.1, 0.15) is 44.3 Å². The molecule has 7 heteroatoms. The molecule has 3 rings (SSSR count). The standard InChI is InChI=1S/C18H24N4O3/c1-4-14-5-6-16(25-14)15-9-12(2)7-8-22(15)18(24)17(23)20-13-10-19-21(3)11-13/h5-6,10-12,15H,4,7-9H2,1-3H3,(H,20,23)/t12-,15+/m0/s1. The summed E-state index contributed by atoms with van der Waals surface area (Å²) in [6.07, 6.45) is 5.64. The largest absolute Gasteiger partial charge is 0.464 e. The first-order chi connectivity index (χ1) is 12.0. The number of furan rings is 1. The van der Waals surface area contributed by atoms with Crippen LogP contribution in [0.3, 0.4) is 0 Å². The van der Waals surface area contributed by atoms with Gasteiger partial charge < -0.3 is 14.6 Å². The van der Waals surface area contributed by atoms with E-state index in [4.69, 9.17) is 4.42 Å². The van der Waals surface area contributed by atoms with Gasteiger partial charge in [-0.05, 0) is 30.9 Å². The molecule has 0 saturated carbocycles. The van der Waals surface area contributed by atoms with Gasteiger partial charge in [0.25, 0.3) is 0 Å². The number of carbonyl (C=O) groups is 2. The SMILES string of the molecule is CCc1ccc([C@H]2C[C@@H](C)CCN2C(=O)C(=O)Nc2cnn(C)c2)o1. The van der Waals surface area contributed by atoms with Crippen molar-refractivity contribution in [2.45, 2.75) is 39.2 Å². The number of likely N-dealkylation sites (tertiary alicyclic amines) is 1. The molecule has 0 aliphatic carbocycles. The number of anilines is 1. The predicted molar refractivity (Wildman–Crippen MR) is 92.8 cm³/mol. The molecule has 0 unspecified atom stereocenters. The minimum atomic E-state index is -0.644. The second-order valence-corrected chi connectivity index (χ2v) is 6.66. The maximum absolute atomic E-state index is 12.7. The van der Waals surface area contributed by atoms with Gasteiger partial charge in [0.1, 0.15) is 11.5 Å². The summed E-state index contributed by atoms with van der Waals surface area (Å²) in [5.74, 6) is 0.946. The Balaban J connectivity index is 1.76. The van der Waals surface area contributed by atoms with Crippen molar-refractivity contribution in [3.8, 4) is 0 Å². The third kappa shape index (κ3) is 3.75. The van der Waals surface area contributed by atoms with E-state index in [1.54, 1.807) is 22.8 Å². The average molecular weight is 344 g/mol. The van der Waals surface area contributed by atoms with E-state index < -0.39 is 11.8 Å². The van der Waals surface area contributed by atoms with Crippen LogP contribution in [0.2, 0.25) is 0 Å². The molecule has 1 N–H and O–H groups in total. The summed E-state index contributed by atoms with van der Waals surface area (Å²) in [5, 5.41) is 6.60. The third-order valence-corrected chi connectivity index (χ3v) is 4.64. The topological polar surface area (TPSA) is 80.4 Å². The number of aromatic nitrogens is 2. The van der Waals surface area contributed by atoms with Crippen molar-refractivity contribution in [2.75, 3.05) is 11.9 Å². The Morgan fingerprint density at radius 2 is 2.20 bits per heavy atom. The Hall–Kier alpha value is -2.57. The minimum absolute atomic E-state index is 0.198. The number of carbonyl (C=O) groups excluding carboxylic acids is 2. The van der Waals surface area contributed by atoms with Gasteiger partial charge in [0.05, 0.1) is 17.9 Å². The minimum Gasteiger partial charge on any atom is -0.464 e. The molecule has 0 radical (unpaired) electrons. The fourth-order valence-electron chi connectivity index (χ4n) is 3.22. The molecular weight excluding hydrogens is 320 g/mol. The second-order valence-electron chi connectivity index (χ2n) is 6.66. The van der Waals surface area contributed by atoms with Crippen LogP contribution in [-0.2, 0) is 23.1 Å². The third-order valence-electron chi connectivity index (χ3n) is 4.64. The molecular formula is C18H24N4O3. The van der Waals surface area contributed by atoms with E-state index in [0.717, 1.165) is 30.8 Å². The smallest absolute Gasteiger partial charge is 0.314 e. The molecule has 7 nitrogen and oxygen atoms in total. The lowest BCUT2D eigenvalue weighted by Crippen LogP contribution is -2.45. The highest BCUT2D eigenvalue weighted by Crippen LogP contribution is 2.35. The molecule has 0 spiro atoms. The summed E-state index contributed by atoms with van der Waals surface area (Å²) in [6, 6.07) is 3.66. The molecule has 3 heterocycles. The number of amides is 2. The quantitative estimate of drug-likeness (QED) is 0.868. The van der Waals surface area contributed by atoms with Gasteiger partial charge in [0.15, 0.2) is 0 Å². The predicted octanol–water partition coefficient (Wildman–Crippen LogP) is 2.51. The van der Waals surface area contributed by atoms with Crippen LogP contribution < -0.4 is 5.32 Å². The Morgan fingerprint density at radius 3 is 2.84 bits per heavy atom. The molecule has 1 saturated heterocycles. The van der Waals surface area contributed by atoms with Crippen LogP contribution in [0.5, 0.6) is 0 Å². The zero-order valence-electron chi connectivity index (χ0n) is 14.9. The molecule has 2 aromatic heterocycles. The molecule has 2 atom stereocenters. The Kier molecular flexibility index (Phi) is 4.92. The number of nitrogens with one attached hydrogen (secondary N) is 1. The van der Waals surface area contributed by atoms with Crippen LogP contribution in [0.15, 0.2) is 28.9 Å². The molecule has 1 aliphatic heterocycles. The normalized spacial score (nSPS) is 20.5. The van der Waals surface area contributed by atoms with Gasteiger partial charge in [-0.1, -0.05) is 13.8 Å². The summed E-state index contributed by atoms with van der Waals surface area (Å²) in [5.41, 5.74) is 0.508. The van der Waals surface area contributed by atoms with Gasteiger partial charge in [-0.15, -0.1) is 0 Å². The number of hydrogen-bond donors (Lipinski definition) is 1. The summed E-state index contributed by atoms with van der Waals surface area (Å²) in [6.45, 7) is 4.73. The van der Waals surface area contributed by atoms with E-state index in [0.29, 0.717) is 18.2 Å². The first kappa shape index (κ1) is 17.3. The van der Waals surface area contributed by atoms with Crippen LogP contribution in [0.4, 0.5) is 5.69 Å². The Morgan fingerprint density at radius 1 is 1.40 bits per heavy atom. The molecule has 1 fully saturated rings. The van der Waals surface area contributed by atoms with Crippen molar-refractivity contribution in [3.63, 3.8) is 0 Å². The fourth-order valence-corrected chi connectivity index (χ4v) is 3.22. The molecule has 2 amide bonds. The Labute approximate surface area is 147 Å². The molecule has 2 aromatic rings. The van der Waals surface area contributed by atoms with Gasteiger partial charge in [-0.25, -0.2) is 0 Å². The maximum atomic E-state index is 12.7. The molecule has 25 heavy (non-hydrogen) atoms. The van der Waals surface area contributed by atoms with Crippen LogP contribution in [0.25, 0.3) is 0 Å². The van der Waals surface area contributed by atoms with E-state index in [1.165, 1.54) is 6.20 Å². The van der Waals surface area contributed by atoms with E-state index >= 15 is 0 Å². The highest BCUT2D eigenvalue weighted by molar-refractivity contribution is 6.39. The van der Waals surface area contributed by atoms with E-state index in [1.807, 2.05) is 19.1 Å². The van der Waals surface area contributed by atoms with Crippen molar-refractivity contribution in [2.24, 2.45) is 13.0 Å². The fraction of sp³-hybridized carbons (Fsp3) is 0.500. The lowest BCUT2D eigenvalue weighted by atomic mass is 9.91. The first-order valence-corrected chi connectivity index (χ1v) is 8.67. The highest BCUT2D eigenvalue weighted by Gasteiger charge is 2.35.